The lowest BCUT2D eigenvalue weighted by Gasteiger charge is -2.23. The SMILES string of the molecule is Cc1cncnc1N1CC2CN(c3ncccn3)CC2C1. The summed E-state index contributed by atoms with van der Waals surface area (Å²) in [7, 11) is 0. The highest BCUT2D eigenvalue weighted by Crippen LogP contribution is 2.35. The molecule has 0 bridgehead atoms. The molecule has 21 heavy (non-hydrogen) atoms. The summed E-state index contributed by atoms with van der Waals surface area (Å²) in [4.78, 5) is 21.9. The second kappa shape index (κ2) is 4.95. The van der Waals surface area contributed by atoms with Crippen molar-refractivity contribution in [1.29, 1.82) is 0 Å². The highest BCUT2D eigenvalue weighted by Gasteiger charge is 2.41. The first-order valence-corrected chi connectivity index (χ1v) is 7.35. The maximum atomic E-state index is 4.44. The number of aryl methyl sites for hydroxylation is 1. The fraction of sp³-hybridized carbons (Fsp3) is 0.467. The van der Waals surface area contributed by atoms with Crippen LogP contribution in [0.15, 0.2) is 31.0 Å². The third-order valence-corrected chi connectivity index (χ3v) is 4.49. The Balaban J connectivity index is 1.48. The monoisotopic (exact) mass is 282 g/mol. The van der Waals surface area contributed by atoms with Gasteiger partial charge in [-0.05, 0) is 13.0 Å². The van der Waals surface area contributed by atoms with Gasteiger partial charge >= 0.3 is 0 Å². The Hall–Kier alpha value is -2.24. The van der Waals surface area contributed by atoms with Crippen LogP contribution in [0.2, 0.25) is 0 Å². The largest absolute Gasteiger partial charge is 0.356 e. The summed E-state index contributed by atoms with van der Waals surface area (Å²) in [5, 5.41) is 0. The lowest BCUT2D eigenvalue weighted by atomic mass is 10.0. The summed E-state index contributed by atoms with van der Waals surface area (Å²) in [5.74, 6) is 3.28. The Bertz CT molecular complexity index is 617. The molecule has 0 radical (unpaired) electrons. The maximum absolute atomic E-state index is 4.44. The van der Waals surface area contributed by atoms with E-state index >= 15 is 0 Å². The average molecular weight is 282 g/mol. The molecule has 0 spiro atoms. The molecule has 4 heterocycles. The third-order valence-electron chi connectivity index (χ3n) is 4.49. The molecule has 0 saturated carbocycles. The Morgan fingerprint density at radius 3 is 2.29 bits per heavy atom. The van der Waals surface area contributed by atoms with E-state index in [0.717, 1.165) is 43.5 Å². The Morgan fingerprint density at radius 2 is 1.62 bits per heavy atom. The summed E-state index contributed by atoms with van der Waals surface area (Å²) in [6.45, 7) is 6.27. The highest BCUT2D eigenvalue weighted by molar-refractivity contribution is 5.47. The van der Waals surface area contributed by atoms with Gasteiger partial charge in [-0.25, -0.2) is 19.9 Å². The van der Waals surface area contributed by atoms with Gasteiger partial charge in [0, 0.05) is 62.2 Å². The van der Waals surface area contributed by atoms with E-state index < -0.39 is 0 Å². The van der Waals surface area contributed by atoms with Crippen LogP contribution >= 0.6 is 0 Å². The van der Waals surface area contributed by atoms with Gasteiger partial charge in [0.25, 0.3) is 0 Å². The van der Waals surface area contributed by atoms with Crippen LogP contribution in [-0.2, 0) is 0 Å². The van der Waals surface area contributed by atoms with Gasteiger partial charge in [-0.15, -0.1) is 0 Å². The molecule has 6 nitrogen and oxygen atoms in total. The van der Waals surface area contributed by atoms with Crippen LogP contribution in [-0.4, -0.2) is 46.1 Å². The fourth-order valence-corrected chi connectivity index (χ4v) is 3.51. The normalized spacial score (nSPS) is 24.4. The molecule has 108 valence electrons. The summed E-state index contributed by atoms with van der Waals surface area (Å²) in [6.07, 6.45) is 7.15. The highest BCUT2D eigenvalue weighted by atomic mass is 15.3. The molecule has 0 aliphatic carbocycles. The molecule has 0 N–H and O–H groups in total. The van der Waals surface area contributed by atoms with E-state index in [0.29, 0.717) is 11.8 Å². The van der Waals surface area contributed by atoms with Gasteiger partial charge in [0.2, 0.25) is 5.95 Å². The third kappa shape index (κ3) is 2.20. The van der Waals surface area contributed by atoms with Crippen molar-refractivity contribution in [3.8, 4) is 0 Å². The molecule has 2 aromatic heterocycles. The molecule has 6 heteroatoms. The van der Waals surface area contributed by atoms with Crippen LogP contribution in [0.4, 0.5) is 11.8 Å². The lowest BCUT2D eigenvalue weighted by Crippen LogP contribution is -2.30. The molecule has 2 unspecified atom stereocenters. The minimum atomic E-state index is 0.670. The zero-order chi connectivity index (χ0) is 14.2. The number of nitrogens with zero attached hydrogens (tertiary/aromatic N) is 6. The predicted octanol–water partition coefficient (Wildman–Crippen LogP) is 1.15. The summed E-state index contributed by atoms with van der Waals surface area (Å²) >= 11 is 0. The van der Waals surface area contributed by atoms with Crippen LogP contribution < -0.4 is 9.80 Å². The standard InChI is InChI=1S/C15H18N6/c1-11-5-16-10-19-14(11)20-6-12-8-21(9-13(12)7-20)15-17-3-2-4-18-15/h2-5,10,12-13H,6-9H2,1H3. The van der Waals surface area contributed by atoms with E-state index in [1.54, 1.807) is 6.33 Å². The molecule has 0 aromatic carbocycles. The Kier molecular flexibility index (Phi) is 2.94. The molecule has 4 rings (SSSR count). The predicted molar refractivity (Wildman–Crippen MR) is 80.2 cm³/mol. The van der Waals surface area contributed by atoms with Crippen molar-refractivity contribution in [2.45, 2.75) is 6.92 Å². The van der Waals surface area contributed by atoms with E-state index in [-0.39, 0.29) is 0 Å². The zero-order valence-corrected chi connectivity index (χ0v) is 12.1. The van der Waals surface area contributed by atoms with Crippen LogP contribution in [0.25, 0.3) is 0 Å². The average Bonchev–Trinajstić information content (AvgIpc) is 3.07. The lowest BCUT2D eigenvalue weighted by molar-refractivity contribution is 0.533. The zero-order valence-electron chi connectivity index (χ0n) is 12.1. The maximum Gasteiger partial charge on any atom is 0.225 e. The van der Waals surface area contributed by atoms with E-state index in [9.17, 15) is 0 Å². The van der Waals surface area contributed by atoms with Gasteiger partial charge in [0.15, 0.2) is 0 Å². The van der Waals surface area contributed by atoms with E-state index in [1.165, 1.54) is 0 Å². The van der Waals surface area contributed by atoms with Crippen molar-refractivity contribution in [3.63, 3.8) is 0 Å². The second-order valence-electron chi connectivity index (χ2n) is 5.91. The Morgan fingerprint density at radius 1 is 0.952 bits per heavy atom. The van der Waals surface area contributed by atoms with E-state index in [4.69, 9.17) is 0 Å². The summed E-state index contributed by atoms with van der Waals surface area (Å²) in [6, 6.07) is 1.86. The number of hydrogen-bond donors (Lipinski definition) is 0. The molecule has 2 aliphatic rings. The summed E-state index contributed by atoms with van der Waals surface area (Å²) < 4.78 is 0. The summed E-state index contributed by atoms with van der Waals surface area (Å²) in [5.41, 5.74) is 1.15. The van der Waals surface area contributed by atoms with E-state index in [2.05, 4.69) is 36.7 Å². The van der Waals surface area contributed by atoms with Gasteiger partial charge in [0.05, 0.1) is 0 Å². The van der Waals surface area contributed by atoms with Gasteiger partial charge in [-0.3, -0.25) is 0 Å². The first-order valence-electron chi connectivity index (χ1n) is 7.35. The quantitative estimate of drug-likeness (QED) is 0.823. The first kappa shape index (κ1) is 12.5. The smallest absolute Gasteiger partial charge is 0.225 e. The van der Waals surface area contributed by atoms with Gasteiger partial charge in [-0.2, -0.15) is 0 Å². The fourth-order valence-electron chi connectivity index (χ4n) is 3.51. The van der Waals surface area contributed by atoms with Crippen molar-refractivity contribution in [2.24, 2.45) is 11.8 Å². The second-order valence-corrected chi connectivity index (χ2v) is 5.91. The van der Waals surface area contributed by atoms with Crippen LogP contribution in [0.5, 0.6) is 0 Å². The van der Waals surface area contributed by atoms with Crippen LogP contribution in [0.3, 0.4) is 0 Å². The number of anilines is 2. The van der Waals surface area contributed by atoms with Gasteiger partial charge < -0.3 is 9.80 Å². The molecular formula is C15H18N6. The minimum absolute atomic E-state index is 0.670. The van der Waals surface area contributed by atoms with Crippen molar-refractivity contribution in [1.82, 2.24) is 19.9 Å². The molecule has 2 aliphatic heterocycles. The molecule has 2 saturated heterocycles. The van der Waals surface area contributed by atoms with Crippen molar-refractivity contribution >= 4 is 11.8 Å². The number of rotatable bonds is 2. The first-order chi connectivity index (χ1) is 10.3. The van der Waals surface area contributed by atoms with E-state index in [1.807, 2.05) is 24.7 Å². The Labute approximate surface area is 123 Å². The molecule has 2 atom stereocenters. The number of aromatic nitrogens is 4. The number of hydrogen-bond acceptors (Lipinski definition) is 6. The minimum Gasteiger partial charge on any atom is -0.356 e. The van der Waals surface area contributed by atoms with Gasteiger partial charge in [0.1, 0.15) is 12.1 Å². The molecule has 0 amide bonds. The number of fused-ring (bicyclic) bond motifs is 1. The van der Waals surface area contributed by atoms with Crippen LogP contribution in [0, 0.1) is 18.8 Å². The van der Waals surface area contributed by atoms with Crippen molar-refractivity contribution < 1.29 is 0 Å². The van der Waals surface area contributed by atoms with Gasteiger partial charge in [-0.1, -0.05) is 0 Å². The van der Waals surface area contributed by atoms with Crippen LogP contribution in [0.1, 0.15) is 5.56 Å². The van der Waals surface area contributed by atoms with Crippen molar-refractivity contribution in [2.75, 3.05) is 36.0 Å². The molecule has 2 fully saturated rings. The topological polar surface area (TPSA) is 58.0 Å². The molecule has 2 aromatic rings. The molecular weight excluding hydrogens is 264 g/mol. The van der Waals surface area contributed by atoms with Crippen molar-refractivity contribution in [3.05, 3.63) is 36.5 Å².